The third kappa shape index (κ3) is 2.31. The molecule has 0 saturated carbocycles. The summed E-state index contributed by atoms with van der Waals surface area (Å²) in [5.41, 5.74) is 10.9. The Kier molecular flexibility index (Phi) is 2.87. The highest BCUT2D eigenvalue weighted by Crippen LogP contribution is 2.33. The van der Waals surface area contributed by atoms with Crippen molar-refractivity contribution in [2.24, 2.45) is 11.5 Å². The van der Waals surface area contributed by atoms with Crippen LogP contribution in [0.1, 0.15) is 10.5 Å². The highest BCUT2D eigenvalue weighted by atomic mass is 16.7. The maximum Gasteiger partial charge on any atom is 0.316 e. The Morgan fingerprint density at radius 1 is 1.24 bits per heavy atom. The number of rotatable bonds is 3. The van der Waals surface area contributed by atoms with Crippen LogP contribution in [0.25, 0.3) is 5.69 Å². The lowest BCUT2D eigenvalue weighted by Gasteiger charge is -2.02. The van der Waals surface area contributed by atoms with Gasteiger partial charge >= 0.3 is 6.03 Å². The average Bonchev–Trinajstić information content (AvgIpc) is 3.03. The second kappa shape index (κ2) is 4.71. The number of hydrogen-bond donors (Lipinski definition) is 3. The zero-order chi connectivity index (χ0) is 15.0. The predicted octanol–water partition coefficient (Wildman–Crippen LogP) is 0.191. The van der Waals surface area contributed by atoms with Crippen LogP contribution < -0.4 is 26.3 Å². The number of primary amides is 2. The normalized spacial score (nSPS) is 12.2. The Bertz CT molecular complexity index is 739. The molecule has 3 amide bonds. The smallest absolute Gasteiger partial charge is 0.316 e. The predicted molar refractivity (Wildman–Crippen MR) is 71.4 cm³/mol. The highest BCUT2D eigenvalue weighted by molar-refractivity contribution is 6.00. The maximum absolute atomic E-state index is 11.3. The molecule has 2 aromatic rings. The van der Waals surface area contributed by atoms with Gasteiger partial charge in [-0.2, -0.15) is 5.10 Å². The summed E-state index contributed by atoms with van der Waals surface area (Å²) in [6.07, 6.45) is 1.43. The van der Waals surface area contributed by atoms with Crippen LogP contribution in [0.2, 0.25) is 0 Å². The number of urea groups is 1. The van der Waals surface area contributed by atoms with Crippen molar-refractivity contribution in [3.8, 4) is 17.2 Å². The number of anilines is 1. The van der Waals surface area contributed by atoms with E-state index < -0.39 is 11.9 Å². The molecule has 0 spiro atoms. The SMILES string of the molecule is NC(=O)Nc1cn(-c2ccc3c(c2)OCO3)nc1C(N)=O. The van der Waals surface area contributed by atoms with Gasteiger partial charge in [0, 0.05) is 6.07 Å². The number of amides is 3. The van der Waals surface area contributed by atoms with Crippen molar-refractivity contribution in [3.05, 3.63) is 30.1 Å². The van der Waals surface area contributed by atoms with Gasteiger partial charge in [-0.25, -0.2) is 9.48 Å². The summed E-state index contributed by atoms with van der Waals surface area (Å²) in [6, 6.07) is 4.31. The number of nitrogens with one attached hydrogen (secondary N) is 1. The van der Waals surface area contributed by atoms with Crippen LogP contribution in [-0.4, -0.2) is 28.5 Å². The molecule has 0 radical (unpaired) electrons. The molecule has 1 aliphatic rings. The summed E-state index contributed by atoms with van der Waals surface area (Å²) in [5.74, 6) is 0.405. The third-order valence-electron chi connectivity index (χ3n) is 2.83. The molecule has 2 heterocycles. The molecule has 1 aromatic heterocycles. The fourth-order valence-electron chi connectivity index (χ4n) is 1.94. The Morgan fingerprint density at radius 2 is 2.00 bits per heavy atom. The van der Waals surface area contributed by atoms with Gasteiger partial charge in [-0.15, -0.1) is 0 Å². The Labute approximate surface area is 118 Å². The van der Waals surface area contributed by atoms with Crippen LogP contribution in [-0.2, 0) is 0 Å². The van der Waals surface area contributed by atoms with Gasteiger partial charge in [-0.3, -0.25) is 4.79 Å². The lowest BCUT2D eigenvalue weighted by atomic mass is 10.3. The Balaban J connectivity index is 2.02. The summed E-state index contributed by atoms with van der Waals surface area (Å²) in [4.78, 5) is 22.3. The van der Waals surface area contributed by atoms with Crippen molar-refractivity contribution < 1.29 is 19.1 Å². The van der Waals surface area contributed by atoms with Crippen LogP contribution in [0.4, 0.5) is 10.5 Å². The van der Waals surface area contributed by atoms with Crippen molar-refractivity contribution in [1.82, 2.24) is 9.78 Å². The molecule has 3 rings (SSSR count). The zero-order valence-electron chi connectivity index (χ0n) is 10.7. The number of fused-ring (bicyclic) bond motifs is 1. The topological polar surface area (TPSA) is 134 Å². The number of hydrogen-bond acceptors (Lipinski definition) is 5. The van der Waals surface area contributed by atoms with Crippen molar-refractivity contribution in [2.75, 3.05) is 12.1 Å². The lowest BCUT2D eigenvalue weighted by molar-refractivity contribution is 0.0996. The number of carbonyl (C=O) groups is 2. The molecule has 0 bridgehead atoms. The van der Waals surface area contributed by atoms with Crippen LogP contribution in [0.5, 0.6) is 11.5 Å². The van der Waals surface area contributed by atoms with Gasteiger partial charge < -0.3 is 26.3 Å². The second-order valence-electron chi connectivity index (χ2n) is 4.23. The minimum Gasteiger partial charge on any atom is -0.454 e. The van der Waals surface area contributed by atoms with Crippen molar-refractivity contribution >= 4 is 17.6 Å². The quantitative estimate of drug-likeness (QED) is 0.741. The minimum absolute atomic E-state index is 0.0912. The molecule has 21 heavy (non-hydrogen) atoms. The molecule has 108 valence electrons. The van der Waals surface area contributed by atoms with Crippen molar-refractivity contribution in [1.29, 1.82) is 0 Å². The Hall–Kier alpha value is -3.23. The number of benzene rings is 1. The monoisotopic (exact) mass is 289 g/mol. The van der Waals surface area contributed by atoms with E-state index in [-0.39, 0.29) is 18.2 Å². The average molecular weight is 289 g/mol. The molecule has 0 saturated heterocycles. The molecule has 0 atom stereocenters. The Morgan fingerprint density at radius 3 is 2.71 bits per heavy atom. The standard InChI is InChI=1S/C12H11N5O4/c13-11(18)10-7(15-12(14)19)4-17(16-10)6-1-2-8-9(3-6)21-5-20-8/h1-4H,5H2,(H2,13,18)(H3,14,15,19). The van der Waals surface area contributed by atoms with Gasteiger partial charge in [-0.1, -0.05) is 0 Å². The number of ether oxygens (including phenoxy) is 2. The number of nitrogens with two attached hydrogens (primary N) is 2. The first-order valence-electron chi connectivity index (χ1n) is 5.90. The van der Waals surface area contributed by atoms with E-state index in [1.807, 2.05) is 0 Å². The van der Waals surface area contributed by atoms with Gasteiger partial charge in [0.1, 0.15) is 0 Å². The molecule has 0 unspecified atom stereocenters. The summed E-state index contributed by atoms with van der Waals surface area (Å²) < 4.78 is 11.9. The lowest BCUT2D eigenvalue weighted by Crippen LogP contribution is -2.22. The summed E-state index contributed by atoms with van der Waals surface area (Å²) in [5, 5.41) is 6.33. The molecule has 0 fully saturated rings. The van der Waals surface area contributed by atoms with Gasteiger partial charge in [0.25, 0.3) is 5.91 Å². The van der Waals surface area contributed by atoms with E-state index >= 15 is 0 Å². The van der Waals surface area contributed by atoms with E-state index in [2.05, 4.69) is 10.4 Å². The van der Waals surface area contributed by atoms with Crippen molar-refractivity contribution in [3.63, 3.8) is 0 Å². The third-order valence-corrected chi connectivity index (χ3v) is 2.83. The second-order valence-corrected chi connectivity index (χ2v) is 4.23. The first kappa shape index (κ1) is 12.8. The largest absolute Gasteiger partial charge is 0.454 e. The van der Waals surface area contributed by atoms with Gasteiger partial charge in [0.15, 0.2) is 17.2 Å². The summed E-state index contributed by atoms with van der Waals surface area (Å²) >= 11 is 0. The fraction of sp³-hybridized carbons (Fsp3) is 0.0833. The van der Waals surface area contributed by atoms with Gasteiger partial charge in [0.2, 0.25) is 6.79 Å². The van der Waals surface area contributed by atoms with E-state index in [9.17, 15) is 9.59 Å². The summed E-state index contributed by atoms with van der Waals surface area (Å²) in [6.45, 7) is 0.152. The molecule has 1 aliphatic heterocycles. The molecule has 1 aromatic carbocycles. The number of carbonyl (C=O) groups excluding carboxylic acids is 2. The fourth-order valence-corrected chi connectivity index (χ4v) is 1.94. The van der Waals surface area contributed by atoms with Gasteiger partial charge in [-0.05, 0) is 12.1 Å². The molecule has 9 heteroatoms. The molecular weight excluding hydrogens is 278 g/mol. The van der Waals surface area contributed by atoms with Crippen LogP contribution in [0.3, 0.4) is 0 Å². The highest BCUT2D eigenvalue weighted by Gasteiger charge is 2.18. The van der Waals surface area contributed by atoms with Crippen molar-refractivity contribution in [2.45, 2.75) is 0 Å². The maximum atomic E-state index is 11.3. The first-order chi connectivity index (χ1) is 10.0. The van der Waals surface area contributed by atoms with Crippen LogP contribution in [0.15, 0.2) is 24.4 Å². The van der Waals surface area contributed by atoms with E-state index in [0.717, 1.165) is 0 Å². The molecule has 5 N–H and O–H groups in total. The number of nitrogens with zero attached hydrogens (tertiary/aromatic N) is 2. The number of aromatic nitrogens is 2. The molecule has 9 nitrogen and oxygen atoms in total. The molecular formula is C12H11N5O4. The van der Waals surface area contributed by atoms with Crippen LogP contribution >= 0.6 is 0 Å². The summed E-state index contributed by atoms with van der Waals surface area (Å²) in [7, 11) is 0. The first-order valence-corrected chi connectivity index (χ1v) is 5.90. The minimum atomic E-state index is -0.817. The van der Waals surface area contributed by atoms with E-state index in [1.165, 1.54) is 10.9 Å². The van der Waals surface area contributed by atoms with E-state index in [0.29, 0.717) is 17.2 Å². The molecule has 0 aliphatic carbocycles. The van der Waals surface area contributed by atoms with E-state index in [4.69, 9.17) is 20.9 Å². The zero-order valence-corrected chi connectivity index (χ0v) is 10.7. The van der Waals surface area contributed by atoms with E-state index in [1.54, 1.807) is 18.2 Å². The van der Waals surface area contributed by atoms with Gasteiger partial charge in [0.05, 0.1) is 17.6 Å². The van der Waals surface area contributed by atoms with Crippen LogP contribution in [0, 0.1) is 0 Å².